The number of primary amides is 1. The molecule has 1 atom stereocenters. The van der Waals surface area contributed by atoms with E-state index in [-0.39, 0.29) is 12.5 Å². The molecule has 0 aromatic carbocycles. The van der Waals surface area contributed by atoms with Crippen molar-refractivity contribution in [3.63, 3.8) is 0 Å². The molecule has 1 heterocycles. The first-order chi connectivity index (χ1) is 6.11. The molecule has 0 radical (unpaired) electrons. The molecule has 1 unspecified atom stereocenters. The van der Waals surface area contributed by atoms with E-state index in [1.807, 2.05) is 6.92 Å². The number of hydrogen-bond acceptors (Lipinski definition) is 2. The minimum absolute atomic E-state index is 0.0136. The van der Waals surface area contributed by atoms with Gasteiger partial charge in [-0.15, -0.1) is 0 Å². The van der Waals surface area contributed by atoms with E-state index in [4.69, 9.17) is 5.73 Å². The molecule has 0 aromatic rings. The average molecular weight is 185 g/mol. The van der Waals surface area contributed by atoms with Gasteiger partial charge in [0.05, 0.1) is 6.54 Å². The highest BCUT2D eigenvalue weighted by atomic mass is 16.2. The van der Waals surface area contributed by atoms with E-state index >= 15 is 0 Å². The van der Waals surface area contributed by atoms with Gasteiger partial charge in [0, 0.05) is 12.6 Å². The maximum absolute atomic E-state index is 11.4. The second kappa shape index (κ2) is 4.11. The maximum Gasteiger partial charge on any atom is 0.312 e. The summed E-state index contributed by atoms with van der Waals surface area (Å²) in [6, 6.07) is -0.359. The smallest absolute Gasteiger partial charge is 0.312 e. The summed E-state index contributed by atoms with van der Waals surface area (Å²) in [5, 5.41) is 2.29. The van der Waals surface area contributed by atoms with Gasteiger partial charge in [0.15, 0.2) is 0 Å². The summed E-state index contributed by atoms with van der Waals surface area (Å²) >= 11 is 0. The molecule has 1 aliphatic rings. The molecule has 5 nitrogen and oxygen atoms in total. The van der Waals surface area contributed by atoms with Crippen molar-refractivity contribution in [1.29, 1.82) is 0 Å². The first-order valence-corrected chi connectivity index (χ1v) is 4.44. The van der Waals surface area contributed by atoms with Crippen LogP contribution in [0.25, 0.3) is 0 Å². The lowest BCUT2D eigenvalue weighted by atomic mass is 10.2. The second-order valence-corrected chi connectivity index (χ2v) is 3.30. The third-order valence-electron chi connectivity index (χ3n) is 2.29. The van der Waals surface area contributed by atoms with Crippen LogP contribution in [0.2, 0.25) is 0 Å². The molecule has 1 aliphatic heterocycles. The van der Waals surface area contributed by atoms with Crippen molar-refractivity contribution < 1.29 is 9.59 Å². The molecule has 0 saturated carbocycles. The maximum atomic E-state index is 11.4. The molecule has 74 valence electrons. The van der Waals surface area contributed by atoms with Gasteiger partial charge in [-0.25, -0.2) is 4.79 Å². The van der Waals surface area contributed by atoms with Crippen molar-refractivity contribution in [2.24, 2.45) is 5.73 Å². The zero-order valence-corrected chi connectivity index (χ0v) is 7.75. The number of hydrogen-bond donors (Lipinski definition) is 2. The van der Waals surface area contributed by atoms with Crippen LogP contribution in [0.1, 0.15) is 19.8 Å². The molecular formula is C8H15N3O2. The predicted molar refractivity (Wildman–Crippen MR) is 48.0 cm³/mol. The Balaban J connectivity index is 2.34. The summed E-state index contributed by atoms with van der Waals surface area (Å²) < 4.78 is 0. The Kier molecular flexibility index (Phi) is 3.11. The van der Waals surface area contributed by atoms with Crippen LogP contribution in [0, 0.1) is 0 Å². The fourth-order valence-electron chi connectivity index (χ4n) is 1.57. The Bertz CT molecular complexity index is 217. The van der Waals surface area contributed by atoms with E-state index in [0.29, 0.717) is 6.04 Å². The molecule has 0 aliphatic carbocycles. The van der Waals surface area contributed by atoms with Crippen LogP contribution in [0.15, 0.2) is 0 Å². The monoisotopic (exact) mass is 185 g/mol. The number of likely N-dealkylation sites (tertiary alicyclic amines) is 1. The molecule has 3 amide bonds. The van der Waals surface area contributed by atoms with Gasteiger partial charge in [0.1, 0.15) is 0 Å². The van der Waals surface area contributed by atoms with Gasteiger partial charge < -0.3 is 16.0 Å². The fourth-order valence-corrected chi connectivity index (χ4v) is 1.57. The second-order valence-electron chi connectivity index (χ2n) is 3.30. The number of amides is 3. The minimum atomic E-state index is -0.653. The summed E-state index contributed by atoms with van der Waals surface area (Å²) in [5.74, 6) is -0.0520. The van der Waals surface area contributed by atoms with Crippen LogP contribution in [0.3, 0.4) is 0 Å². The van der Waals surface area contributed by atoms with Crippen LogP contribution in [0.5, 0.6) is 0 Å². The van der Waals surface area contributed by atoms with Crippen molar-refractivity contribution >= 4 is 11.9 Å². The van der Waals surface area contributed by atoms with E-state index in [2.05, 4.69) is 5.32 Å². The van der Waals surface area contributed by atoms with Crippen LogP contribution >= 0.6 is 0 Å². The number of carbonyl (C=O) groups excluding carboxylic acids is 2. The standard InChI is InChI=1S/C8H15N3O2/c1-6-3-2-4-11(6)7(12)5-10-8(9)13/h6H,2-5H2,1H3,(H3,9,10,13). The number of rotatable bonds is 2. The topological polar surface area (TPSA) is 75.4 Å². The third kappa shape index (κ3) is 2.61. The molecule has 1 rings (SSSR count). The Hall–Kier alpha value is -1.26. The van der Waals surface area contributed by atoms with Crippen molar-refractivity contribution in [3.05, 3.63) is 0 Å². The SMILES string of the molecule is CC1CCCN1C(=O)CNC(N)=O. The summed E-state index contributed by atoms with van der Waals surface area (Å²) in [5.41, 5.74) is 4.85. The number of nitrogens with zero attached hydrogens (tertiary/aromatic N) is 1. The van der Waals surface area contributed by atoms with E-state index in [1.165, 1.54) is 0 Å². The first kappa shape index (κ1) is 9.83. The van der Waals surface area contributed by atoms with Gasteiger partial charge in [0.2, 0.25) is 5.91 Å². The number of nitrogens with one attached hydrogen (secondary N) is 1. The first-order valence-electron chi connectivity index (χ1n) is 4.44. The van der Waals surface area contributed by atoms with Crippen molar-refractivity contribution in [2.75, 3.05) is 13.1 Å². The normalized spacial score (nSPS) is 21.6. The lowest BCUT2D eigenvalue weighted by Crippen LogP contribution is -2.43. The summed E-state index contributed by atoms with van der Waals surface area (Å²) in [6.07, 6.45) is 2.09. The number of urea groups is 1. The molecule has 13 heavy (non-hydrogen) atoms. The highest BCUT2D eigenvalue weighted by Gasteiger charge is 2.24. The van der Waals surface area contributed by atoms with Crippen LogP contribution in [0.4, 0.5) is 4.79 Å². The van der Waals surface area contributed by atoms with E-state index in [9.17, 15) is 9.59 Å². The number of nitrogens with two attached hydrogens (primary N) is 1. The van der Waals surface area contributed by atoms with Gasteiger partial charge in [0.25, 0.3) is 0 Å². The molecular weight excluding hydrogens is 170 g/mol. The average Bonchev–Trinajstić information content (AvgIpc) is 2.47. The van der Waals surface area contributed by atoms with Gasteiger partial charge in [-0.1, -0.05) is 0 Å². The Morgan fingerprint density at radius 1 is 1.62 bits per heavy atom. The molecule has 3 N–H and O–H groups in total. The van der Waals surface area contributed by atoms with Crippen molar-refractivity contribution in [2.45, 2.75) is 25.8 Å². The third-order valence-corrected chi connectivity index (χ3v) is 2.29. The van der Waals surface area contributed by atoms with Gasteiger partial charge >= 0.3 is 6.03 Å². The van der Waals surface area contributed by atoms with Gasteiger partial charge in [-0.3, -0.25) is 4.79 Å². The zero-order valence-electron chi connectivity index (χ0n) is 7.75. The van der Waals surface area contributed by atoms with Crippen molar-refractivity contribution in [1.82, 2.24) is 10.2 Å². The summed E-state index contributed by atoms with van der Waals surface area (Å²) in [4.78, 5) is 23.5. The number of carbonyl (C=O) groups is 2. The lowest BCUT2D eigenvalue weighted by Gasteiger charge is -2.21. The molecule has 0 bridgehead atoms. The fraction of sp³-hybridized carbons (Fsp3) is 0.750. The quantitative estimate of drug-likeness (QED) is 0.618. The predicted octanol–water partition coefficient (Wildman–Crippen LogP) is -0.334. The Labute approximate surface area is 77.3 Å². The highest BCUT2D eigenvalue weighted by molar-refractivity contribution is 5.83. The van der Waals surface area contributed by atoms with Crippen LogP contribution < -0.4 is 11.1 Å². The van der Waals surface area contributed by atoms with E-state index < -0.39 is 6.03 Å². The molecule has 1 fully saturated rings. The Morgan fingerprint density at radius 2 is 2.31 bits per heavy atom. The van der Waals surface area contributed by atoms with Crippen LogP contribution in [-0.4, -0.2) is 36.0 Å². The minimum Gasteiger partial charge on any atom is -0.352 e. The van der Waals surface area contributed by atoms with E-state index in [0.717, 1.165) is 19.4 Å². The summed E-state index contributed by atoms with van der Waals surface area (Å²) in [7, 11) is 0. The lowest BCUT2D eigenvalue weighted by molar-refractivity contribution is -0.130. The largest absolute Gasteiger partial charge is 0.352 e. The van der Waals surface area contributed by atoms with Gasteiger partial charge in [-0.05, 0) is 19.8 Å². The molecule has 1 saturated heterocycles. The van der Waals surface area contributed by atoms with Gasteiger partial charge in [-0.2, -0.15) is 0 Å². The molecule has 0 aromatic heterocycles. The zero-order chi connectivity index (χ0) is 9.84. The van der Waals surface area contributed by atoms with Crippen molar-refractivity contribution in [3.8, 4) is 0 Å². The Morgan fingerprint density at radius 3 is 2.77 bits per heavy atom. The van der Waals surface area contributed by atoms with Crippen LogP contribution in [-0.2, 0) is 4.79 Å². The summed E-state index contributed by atoms with van der Waals surface area (Å²) in [6.45, 7) is 2.81. The molecule has 5 heteroatoms. The molecule has 0 spiro atoms. The van der Waals surface area contributed by atoms with E-state index in [1.54, 1.807) is 4.90 Å². The highest BCUT2D eigenvalue weighted by Crippen LogP contribution is 2.15.